The van der Waals surface area contributed by atoms with E-state index in [2.05, 4.69) is 30.9 Å². The zero-order valence-corrected chi connectivity index (χ0v) is 16.0. The van der Waals surface area contributed by atoms with Crippen LogP contribution in [0.2, 0.25) is 0 Å². The van der Waals surface area contributed by atoms with Crippen molar-refractivity contribution in [3.05, 3.63) is 88.2 Å². The minimum absolute atomic E-state index is 0.488. The minimum Gasteiger partial charge on any atom is -0.373 e. The third-order valence-electron chi connectivity index (χ3n) is 4.99. The number of hydrogen-bond donors (Lipinski definition) is 2. The van der Waals surface area contributed by atoms with Crippen molar-refractivity contribution < 1.29 is 5.11 Å². The summed E-state index contributed by atoms with van der Waals surface area (Å²) in [5, 5.41) is 12.0. The summed E-state index contributed by atoms with van der Waals surface area (Å²) in [5.74, 6) is 1.47. The predicted octanol–water partition coefficient (Wildman–Crippen LogP) is 4.28. The van der Waals surface area contributed by atoms with E-state index in [1.807, 2.05) is 48.5 Å². The lowest BCUT2D eigenvalue weighted by molar-refractivity contribution is 0.117. The summed E-state index contributed by atoms with van der Waals surface area (Å²) in [6.07, 6.45) is 5.67. The van der Waals surface area contributed by atoms with E-state index in [1.165, 1.54) is 0 Å². The van der Waals surface area contributed by atoms with Gasteiger partial charge in [0.25, 0.3) is 0 Å². The fraction of sp³-hybridized carbons (Fsp3) is 0.190. The van der Waals surface area contributed by atoms with Gasteiger partial charge in [0.2, 0.25) is 0 Å². The number of aliphatic hydroxyl groups is 1. The van der Waals surface area contributed by atoms with Gasteiger partial charge in [-0.1, -0.05) is 28.1 Å². The highest BCUT2D eigenvalue weighted by atomic mass is 79.9. The Hall–Kier alpha value is -2.57. The lowest BCUT2D eigenvalue weighted by Gasteiger charge is -2.28. The molecule has 1 fully saturated rings. The Morgan fingerprint density at radius 1 is 1.00 bits per heavy atom. The zero-order valence-electron chi connectivity index (χ0n) is 14.4. The second-order valence-electron chi connectivity index (χ2n) is 6.89. The standard InChI is InChI=1S/C21H17BrN4O/c22-14-11-15(19-16(12-14)25-20(26-19)13-7-8-13)21(27,17-5-1-3-9-23-17)18-6-2-4-10-24-18/h1-6,9-13,27H,7-8H2,(H,25,26). The molecule has 27 heavy (non-hydrogen) atoms. The largest absolute Gasteiger partial charge is 0.373 e. The van der Waals surface area contributed by atoms with E-state index in [0.29, 0.717) is 22.9 Å². The predicted molar refractivity (Wildman–Crippen MR) is 106 cm³/mol. The van der Waals surface area contributed by atoms with Crippen LogP contribution in [0.3, 0.4) is 0 Å². The van der Waals surface area contributed by atoms with Crippen molar-refractivity contribution in [2.45, 2.75) is 24.4 Å². The average Bonchev–Trinajstić information content (AvgIpc) is 3.48. The van der Waals surface area contributed by atoms with Crippen LogP contribution in [-0.2, 0) is 5.60 Å². The quantitative estimate of drug-likeness (QED) is 0.516. The van der Waals surface area contributed by atoms with Gasteiger partial charge in [-0.3, -0.25) is 9.97 Å². The van der Waals surface area contributed by atoms with Crippen molar-refractivity contribution in [3.8, 4) is 0 Å². The molecule has 6 heteroatoms. The summed E-state index contributed by atoms with van der Waals surface area (Å²) >= 11 is 3.58. The Bertz CT molecular complexity index is 1070. The molecule has 3 heterocycles. The van der Waals surface area contributed by atoms with Crippen LogP contribution in [0.4, 0.5) is 0 Å². The van der Waals surface area contributed by atoms with Crippen LogP contribution < -0.4 is 0 Å². The number of aromatic nitrogens is 4. The molecular formula is C21H17BrN4O. The van der Waals surface area contributed by atoms with E-state index in [9.17, 15) is 5.11 Å². The zero-order chi connectivity index (χ0) is 18.4. The van der Waals surface area contributed by atoms with Crippen LogP contribution >= 0.6 is 15.9 Å². The van der Waals surface area contributed by atoms with E-state index < -0.39 is 5.60 Å². The van der Waals surface area contributed by atoms with Crippen LogP contribution in [-0.4, -0.2) is 25.0 Å². The van der Waals surface area contributed by atoms with Crippen LogP contribution in [0.25, 0.3) is 11.0 Å². The van der Waals surface area contributed by atoms with Gasteiger partial charge in [0.1, 0.15) is 5.82 Å². The summed E-state index contributed by atoms with van der Waals surface area (Å²) in [6, 6.07) is 14.9. The van der Waals surface area contributed by atoms with Gasteiger partial charge in [-0.2, -0.15) is 0 Å². The van der Waals surface area contributed by atoms with E-state index >= 15 is 0 Å². The normalized spacial score (nSPS) is 14.6. The number of H-pyrrole nitrogens is 1. The van der Waals surface area contributed by atoms with Crippen molar-refractivity contribution in [2.75, 3.05) is 0 Å². The van der Waals surface area contributed by atoms with E-state index in [-0.39, 0.29) is 0 Å². The topological polar surface area (TPSA) is 74.7 Å². The average molecular weight is 421 g/mol. The smallest absolute Gasteiger partial charge is 0.176 e. The van der Waals surface area contributed by atoms with Gasteiger partial charge in [0.15, 0.2) is 5.60 Å². The molecule has 2 N–H and O–H groups in total. The molecule has 1 aliphatic rings. The maximum Gasteiger partial charge on any atom is 0.176 e. The van der Waals surface area contributed by atoms with Crippen molar-refractivity contribution in [1.29, 1.82) is 0 Å². The Morgan fingerprint density at radius 3 is 2.22 bits per heavy atom. The number of pyridine rings is 2. The van der Waals surface area contributed by atoms with Gasteiger partial charge >= 0.3 is 0 Å². The summed E-state index contributed by atoms with van der Waals surface area (Å²) in [4.78, 5) is 17.2. The first-order valence-electron chi connectivity index (χ1n) is 8.91. The molecule has 5 nitrogen and oxygen atoms in total. The number of rotatable bonds is 4. The summed E-state index contributed by atoms with van der Waals surface area (Å²) in [6.45, 7) is 0. The third-order valence-corrected chi connectivity index (χ3v) is 5.45. The number of benzene rings is 1. The lowest BCUT2D eigenvalue weighted by atomic mass is 9.85. The molecule has 3 aromatic heterocycles. The maximum absolute atomic E-state index is 12.0. The molecule has 0 amide bonds. The fourth-order valence-electron chi connectivity index (χ4n) is 3.49. The SMILES string of the molecule is OC(c1ccccn1)(c1ccccn1)c1cc(Br)cc2[nH]c(C3CC3)nc12. The molecule has 0 atom stereocenters. The molecule has 0 spiro atoms. The Kier molecular flexibility index (Phi) is 3.84. The minimum atomic E-state index is -1.51. The highest BCUT2D eigenvalue weighted by Gasteiger charge is 2.39. The molecule has 0 saturated heterocycles. The second-order valence-corrected chi connectivity index (χ2v) is 7.80. The van der Waals surface area contributed by atoms with Gasteiger partial charge in [-0.15, -0.1) is 0 Å². The first-order chi connectivity index (χ1) is 13.2. The summed E-state index contributed by atoms with van der Waals surface area (Å²) in [5.41, 5.74) is 1.82. The molecule has 0 unspecified atom stereocenters. The van der Waals surface area contributed by atoms with Crippen LogP contribution in [0, 0.1) is 0 Å². The van der Waals surface area contributed by atoms with Crippen molar-refractivity contribution >= 4 is 27.0 Å². The Labute approximate surface area is 164 Å². The fourth-order valence-corrected chi connectivity index (χ4v) is 3.95. The van der Waals surface area contributed by atoms with Gasteiger partial charge in [0, 0.05) is 28.3 Å². The number of nitrogens with zero attached hydrogens (tertiary/aromatic N) is 3. The van der Waals surface area contributed by atoms with E-state index in [4.69, 9.17) is 4.98 Å². The van der Waals surface area contributed by atoms with Gasteiger partial charge in [-0.25, -0.2) is 4.98 Å². The number of aromatic amines is 1. The number of hydrogen-bond acceptors (Lipinski definition) is 4. The van der Waals surface area contributed by atoms with Crippen LogP contribution in [0.15, 0.2) is 65.4 Å². The summed E-state index contributed by atoms with van der Waals surface area (Å²) in [7, 11) is 0. The molecule has 1 aliphatic carbocycles. The molecule has 134 valence electrons. The number of halogens is 1. The van der Waals surface area contributed by atoms with Gasteiger partial charge in [-0.05, 0) is 49.2 Å². The number of imidazole rings is 1. The van der Waals surface area contributed by atoms with E-state index in [1.54, 1.807) is 12.4 Å². The maximum atomic E-state index is 12.0. The first-order valence-corrected chi connectivity index (χ1v) is 9.70. The van der Waals surface area contributed by atoms with Gasteiger partial charge in [0.05, 0.1) is 22.4 Å². The number of nitrogens with one attached hydrogen (secondary N) is 1. The van der Waals surface area contributed by atoms with Crippen molar-refractivity contribution in [3.63, 3.8) is 0 Å². The molecular weight excluding hydrogens is 404 g/mol. The van der Waals surface area contributed by atoms with Gasteiger partial charge < -0.3 is 10.1 Å². The highest BCUT2D eigenvalue weighted by molar-refractivity contribution is 9.10. The van der Waals surface area contributed by atoms with Crippen molar-refractivity contribution in [2.24, 2.45) is 0 Å². The second kappa shape index (κ2) is 6.25. The molecule has 4 aromatic rings. The lowest BCUT2D eigenvalue weighted by Crippen LogP contribution is -2.31. The molecule has 5 rings (SSSR count). The van der Waals surface area contributed by atoms with Crippen LogP contribution in [0.1, 0.15) is 41.5 Å². The Morgan fingerprint density at radius 2 is 1.67 bits per heavy atom. The van der Waals surface area contributed by atoms with E-state index in [0.717, 1.165) is 34.2 Å². The first kappa shape index (κ1) is 16.6. The Balaban J connectivity index is 1.82. The molecule has 1 aromatic carbocycles. The molecule has 0 bridgehead atoms. The molecule has 0 aliphatic heterocycles. The summed E-state index contributed by atoms with van der Waals surface area (Å²) < 4.78 is 0.862. The number of fused-ring (bicyclic) bond motifs is 1. The third kappa shape index (κ3) is 2.76. The monoisotopic (exact) mass is 420 g/mol. The van der Waals surface area contributed by atoms with Crippen LogP contribution in [0.5, 0.6) is 0 Å². The molecule has 0 radical (unpaired) electrons. The molecule has 1 saturated carbocycles. The highest BCUT2D eigenvalue weighted by Crippen LogP contribution is 2.42. The van der Waals surface area contributed by atoms with Crippen molar-refractivity contribution in [1.82, 2.24) is 19.9 Å².